The van der Waals surface area contributed by atoms with Crippen LogP contribution in [0.5, 0.6) is 5.75 Å². The van der Waals surface area contributed by atoms with E-state index >= 15 is 0 Å². The molecule has 1 heterocycles. The van der Waals surface area contributed by atoms with Gasteiger partial charge in [-0.3, -0.25) is 9.69 Å². The van der Waals surface area contributed by atoms with E-state index in [0.29, 0.717) is 18.7 Å². The normalized spacial score (nSPS) is 24.3. The van der Waals surface area contributed by atoms with Gasteiger partial charge in [-0.2, -0.15) is 0 Å². The van der Waals surface area contributed by atoms with Gasteiger partial charge in [-0.15, -0.1) is 13.2 Å². The minimum atomic E-state index is -4.75. The molecule has 1 amide bonds. The molecule has 1 aliphatic heterocycles. The molecule has 2 N–H and O–H groups in total. The van der Waals surface area contributed by atoms with Gasteiger partial charge in [-0.25, -0.2) is 0 Å². The van der Waals surface area contributed by atoms with E-state index in [9.17, 15) is 23.1 Å². The molecule has 0 aromatic heterocycles. The minimum absolute atomic E-state index is 0.0797. The maximum atomic E-state index is 12.5. The number of para-hydroxylation sites is 1. The van der Waals surface area contributed by atoms with Gasteiger partial charge >= 0.3 is 6.36 Å². The first-order chi connectivity index (χ1) is 11.9. The first kappa shape index (κ1) is 18.0. The predicted molar refractivity (Wildman–Crippen MR) is 83.6 cm³/mol. The van der Waals surface area contributed by atoms with Gasteiger partial charge < -0.3 is 15.2 Å². The van der Waals surface area contributed by atoms with Crippen molar-refractivity contribution in [1.82, 2.24) is 10.2 Å². The molecule has 2 fully saturated rings. The number of carbonyl (C=O) groups excluding carboxylic acids is 1. The minimum Gasteiger partial charge on any atom is -0.405 e. The summed E-state index contributed by atoms with van der Waals surface area (Å²) in [6.45, 7) is 0.972. The lowest BCUT2D eigenvalue weighted by Gasteiger charge is -2.19. The third kappa shape index (κ3) is 4.85. The molecule has 1 saturated heterocycles. The lowest BCUT2D eigenvalue weighted by Crippen LogP contribution is -2.37. The summed E-state index contributed by atoms with van der Waals surface area (Å²) in [7, 11) is 0. The third-order valence-corrected chi connectivity index (χ3v) is 4.60. The summed E-state index contributed by atoms with van der Waals surface area (Å²) in [6.07, 6.45) is -2.79. The number of nitrogens with one attached hydrogen (secondary N) is 1. The lowest BCUT2D eigenvalue weighted by atomic mass is 9.96. The van der Waals surface area contributed by atoms with Gasteiger partial charge in [0, 0.05) is 43.8 Å². The van der Waals surface area contributed by atoms with Gasteiger partial charge in [0.2, 0.25) is 5.91 Å². The number of halogens is 3. The van der Waals surface area contributed by atoms with Crippen molar-refractivity contribution in [1.29, 1.82) is 0 Å². The highest BCUT2D eigenvalue weighted by Gasteiger charge is 2.39. The topological polar surface area (TPSA) is 61.8 Å². The Bertz CT molecular complexity index is 619. The molecule has 25 heavy (non-hydrogen) atoms. The number of aliphatic hydroxyl groups is 1. The fraction of sp³-hybridized carbons (Fsp3) is 0.588. The number of benzene rings is 1. The largest absolute Gasteiger partial charge is 0.573 e. The average molecular weight is 358 g/mol. The predicted octanol–water partition coefficient (Wildman–Crippen LogP) is 1.90. The van der Waals surface area contributed by atoms with Gasteiger partial charge in [0.25, 0.3) is 0 Å². The molecule has 0 bridgehead atoms. The van der Waals surface area contributed by atoms with Crippen molar-refractivity contribution in [2.45, 2.75) is 31.8 Å². The molecule has 3 rings (SSSR count). The summed E-state index contributed by atoms with van der Waals surface area (Å²) in [4.78, 5) is 14.2. The zero-order valence-electron chi connectivity index (χ0n) is 13.6. The van der Waals surface area contributed by atoms with E-state index < -0.39 is 6.36 Å². The molecular formula is C17H21F3N2O3. The summed E-state index contributed by atoms with van der Waals surface area (Å²) < 4.78 is 41.7. The second-order valence-corrected chi connectivity index (χ2v) is 6.68. The number of carbonyl (C=O) groups is 1. The number of amides is 1. The monoisotopic (exact) mass is 358 g/mol. The van der Waals surface area contributed by atoms with Crippen molar-refractivity contribution in [3.63, 3.8) is 0 Å². The van der Waals surface area contributed by atoms with Crippen molar-refractivity contribution < 1.29 is 27.8 Å². The van der Waals surface area contributed by atoms with Gasteiger partial charge in [-0.05, 0) is 18.9 Å². The zero-order chi connectivity index (χ0) is 18.0. The maximum Gasteiger partial charge on any atom is 0.573 e. The van der Waals surface area contributed by atoms with E-state index in [4.69, 9.17) is 0 Å². The number of hydrogen-bond acceptors (Lipinski definition) is 4. The second-order valence-electron chi connectivity index (χ2n) is 6.68. The van der Waals surface area contributed by atoms with Crippen LogP contribution >= 0.6 is 0 Å². The standard InChI is InChI=1S/C17H21F3N2O3/c18-17(19,20)25-15-4-2-1-3-11(15)7-22-8-12(10-23)14(9-22)16(24)21-13-5-6-13/h1-4,12-14,23H,5-10H2,(H,21,24). The Labute approximate surface area is 143 Å². The molecule has 0 spiro atoms. The highest BCUT2D eigenvalue weighted by molar-refractivity contribution is 5.80. The number of likely N-dealkylation sites (tertiary alicyclic amines) is 1. The van der Waals surface area contributed by atoms with Crippen LogP contribution in [-0.2, 0) is 11.3 Å². The summed E-state index contributed by atoms with van der Waals surface area (Å²) in [5, 5.41) is 12.5. The summed E-state index contributed by atoms with van der Waals surface area (Å²) >= 11 is 0. The van der Waals surface area contributed by atoms with Crippen LogP contribution in [0.15, 0.2) is 24.3 Å². The van der Waals surface area contributed by atoms with Crippen LogP contribution in [0.3, 0.4) is 0 Å². The molecule has 138 valence electrons. The van der Waals surface area contributed by atoms with Crippen LogP contribution < -0.4 is 10.1 Å². The summed E-state index contributed by atoms with van der Waals surface area (Å²) in [5.74, 6) is -0.874. The third-order valence-electron chi connectivity index (χ3n) is 4.60. The van der Waals surface area contributed by atoms with E-state index in [1.165, 1.54) is 12.1 Å². The van der Waals surface area contributed by atoms with Crippen LogP contribution in [0.25, 0.3) is 0 Å². The number of nitrogens with zero attached hydrogens (tertiary/aromatic N) is 1. The molecule has 2 atom stereocenters. The number of alkyl halides is 3. The van der Waals surface area contributed by atoms with E-state index in [-0.39, 0.29) is 42.7 Å². The molecule has 1 aromatic carbocycles. The van der Waals surface area contributed by atoms with Crippen molar-refractivity contribution in [3.8, 4) is 5.75 Å². The molecule has 2 aliphatic rings. The SMILES string of the molecule is O=C(NC1CC1)C1CN(Cc2ccccc2OC(F)(F)F)CC1CO. The lowest BCUT2D eigenvalue weighted by molar-refractivity contribution is -0.275. The smallest absolute Gasteiger partial charge is 0.405 e. The molecule has 2 unspecified atom stereocenters. The van der Waals surface area contributed by atoms with Crippen LogP contribution in [0.1, 0.15) is 18.4 Å². The number of ether oxygens (including phenoxy) is 1. The van der Waals surface area contributed by atoms with Gasteiger partial charge in [0.05, 0.1) is 5.92 Å². The molecule has 5 nitrogen and oxygen atoms in total. The van der Waals surface area contributed by atoms with Crippen LogP contribution in [0.2, 0.25) is 0 Å². The summed E-state index contributed by atoms with van der Waals surface area (Å²) in [5.41, 5.74) is 0.403. The fourth-order valence-electron chi connectivity index (χ4n) is 3.21. The number of rotatable bonds is 6. The van der Waals surface area contributed by atoms with E-state index in [1.807, 2.05) is 4.90 Å². The van der Waals surface area contributed by atoms with Gasteiger partial charge in [0.1, 0.15) is 5.75 Å². The van der Waals surface area contributed by atoms with Gasteiger partial charge in [-0.1, -0.05) is 18.2 Å². The van der Waals surface area contributed by atoms with Crippen molar-refractivity contribution in [2.24, 2.45) is 11.8 Å². The fourth-order valence-corrected chi connectivity index (χ4v) is 3.21. The van der Waals surface area contributed by atoms with E-state index in [0.717, 1.165) is 12.8 Å². The molecule has 8 heteroatoms. The van der Waals surface area contributed by atoms with Crippen LogP contribution in [0, 0.1) is 11.8 Å². The number of hydrogen-bond donors (Lipinski definition) is 2. The Morgan fingerprint density at radius 3 is 2.64 bits per heavy atom. The Hall–Kier alpha value is -1.80. The molecule has 0 radical (unpaired) electrons. The second kappa shape index (κ2) is 7.21. The van der Waals surface area contributed by atoms with Crippen LogP contribution in [0.4, 0.5) is 13.2 Å². The van der Waals surface area contributed by atoms with Crippen molar-refractivity contribution in [2.75, 3.05) is 19.7 Å². The Balaban J connectivity index is 1.66. The Kier molecular flexibility index (Phi) is 5.19. The number of aliphatic hydroxyl groups excluding tert-OH is 1. The highest BCUT2D eigenvalue weighted by atomic mass is 19.4. The van der Waals surface area contributed by atoms with E-state index in [2.05, 4.69) is 10.1 Å². The van der Waals surface area contributed by atoms with Crippen molar-refractivity contribution >= 4 is 5.91 Å². The van der Waals surface area contributed by atoms with Gasteiger partial charge in [0.15, 0.2) is 0 Å². The molecule has 1 saturated carbocycles. The van der Waals surface area contributed by atoms with Crippen LogP contribution in [-0.4, -0.2) is 48.0 Å². The maximum absolute atomic E-state index is 12.5. The Morgan fingerprint density at radius 1 is 1.28 bits per heavy atom. The highest BCUT2D eigenvalue weighted by Crippen LogP contribution is 2.31. The van der Waals surface area contributed by atoms with Crippen molar-refractivity contribution in [3.05, 3.63) is 29.8 Å². The average Bonchev–Trinajstić information content (AvgIpc) is 3.25. The molecule has 1 aliphatic carbocycles. The Morgan fingerprint density at radius 2 is 2.00 bits per heavy atom. The molecular weight excluding hydrogens is 337 g/mol. The first-order valence-electron chi connectivity index (χ1n) is 8.33. The quantitative estimate of drug-likeness (QED) is 0.816. The molecule has 1 aromatic rings. The van der Waals surface area contributed by atoms with E-state index in [1.54, 1.807) is 12.1 Å². The summed E-state index contributed by atoms with van der Waals surface area (Å²) in [6, 6.07) is 6.22. The zero-order valence-corrected chi connectivity index (χ0v) is 13.6. The first-order valence-corrected chi connectivity index (χ1v) is 8.33.